The van der Waals surface area contributed by atoms with Crippen LogP contribution in [0.3, 0.4) is 0 Å². The number of hydrogen-bond donors (Lipinski definition) is 0. The molecule has 3 heteroatoms. The van der Waals surface area contributed by atoms with Crippen molar-refractivity contribution in [2.24, 2.45) is 0 Å². The molecular formula is C59H38N2S. The molecule has 0 N–H and O–H groups in total. The summed E-state index contributed by atoms with van der Waals surface area (Å²) in [5.74, 6) is 0.697. The summed E-state index contributed by atoms with van der Waals surface area (Å²) in [5, 5.41) is 0. The molecule has 2 heterocycles. The maximum absolute atomic E-state index is 5.24. The minimum Gasteiger partial charge on any atom is -0.228 e. The van der Waals surface area contributed by atoms with Crippen LogP contribution in [0.2, 0.25) is 0 Å². The first-order valence-electron chi connectivity index (χ1n) is 21.1. The van der Waals surface area contributed by atoms with Crippen LogP contribution in [0.15, 0.2) is 240 Å². The first-order chi connectivity index (χ1) is 30.7. The molecule has 2 aliphatic rings. The highest BCUT2D eigenvalue weighted by Crippen LogP contribution is 2.63. The molecule has 0 amide bonds. The molecule has 0 unspecified atom stereocenters. The molecule has 0 atom stereocenters. The fraction of sp³-hybridized carbons (Fsp3) is 0.0169. The van der Waals surface area contributed by atoms with Crippen molar-refractivity contribution in [3.05, 3.63) is 253 Å². The maximum atomic E-state index is 5.24. The lowest BCUT2D eigenvalue weighted by Crippen LogP contribution is -2.32. The lowest BCUT2D eigenvalue weighted by molar-refractivity contribution is 0.723. The second-order valence-electron chi connectivity index (χ2n) is 16.0. The predicted molar refractivity (Wildman–Crippen MR) is 256 cm³/mol. The summed E-state index contributed by atoms with van der Waals surface area (Å²) >= 11 is 1.89. The largest absolute Gasteiger partial charge is 0.228 e. The van der Waals surface area contributed by atoms with Crippen molar-refractivity contribution >= 4 is 11.8 Å². The highest BCUT2D eigenvalue weighted by Gasteiger charge is 2.50. The Morgan fingerprint density at radius 2 is 0.694 bits per heavy atom. The smallest absolute Gasteiger partial charge is 0.160 e. The van der Waals surface area contributed by atoms with Gasteiger partial charge < -0.3 is 0 Å². The van der Waals surface area contributed by atoms with E-state index >= 15 is 0 Å². The molecule has 1 aromatic heterocycles. The quantitative estimate of drug-likeness (QED) is 0.167. The molecule has 0 radical (unpaired) electrons. The van der Waals surface area contributed by atoms with Gasteiger partial charge in [0.05, 0.1) is 16.8 Å². The van der Waals surface area contributed by atoms with E-state index in [0.29, 0.717) is 5.82 Å². The molecule has 12 rings (SSSR count). The summed E-state index contributed by atoms with van der Waals surface area (Å²) < 4.78 is 0. The van der Waals surface area contributed by atoms with E-state index < -0.39 is 5.41 Å². The van der Waals surface area contributed by atoms with Gasteiger partial charge in [-0.1, -0.05) is 230 Å². The van der Waals surface area contributed by atoms with E-state index in [1.54, 1.807) is 0 Å². The highest BCUT2D eigenvalue weighted by atomic mass is 32.2. The zero-order valence-corrected chi connectivity index (χ0v) is 34.6. The van der Waals surface area contributed by atoms with Crippen LogP contribution in [0.4, 0.5) is 0 Å². The van der Waals surface area contributed by atoms with Crippen LogP contribution < -0.4 is 0 Å². The Balaban J connectivity index is 0.962. The number of nitrogens with zero attached hydrogens (tertiary/aromatic N) is 2. The third-order valence-corrected chi connectivity index (χ3v) is 13.9. The van der Waals surface area contributed by atoms with Crippen LogP contribution in [0.5, 0.6) is 0 Å². The molecule has 290 valence electrons. The van der Waals surface area contributed by atoms with Crippen LogP contribution in [0, 0.1) is 0 Å². The Hall–Kier alpha value is -7.59. The van der Waals surface area contributed by atoms with Crippen LogP contribution in [-0.4, -0.2) is 9.97 Å². The van der Waals surface area contributed by atoms with E-state index in [4.69, 9.17) is 9.97 Å². The van der Waals surface area contributed by atoms with Crippen LogP contribution >= 0.6 is 11.8 Å². The van der Waals surface area contributed by atoms with E-state index in [2.05, 4.69) is 224 Å². The summed E-state index contributed by atoms with van der Waals surface area (Å²) in [7, 11) is 0. The van der Waals surface area contributed by atoms with Gasteiger partial charge in [-0.3, -0.25) is 0 Å². The molecule has 1 aliphatic heterocycles. The van der Waals surface area contributed by atoms with Gasteiger partial charge in [-0.05, 0) is 78.9 Å². The van der Waals surface area contributed by atoms with E-state index in [1.807, 2.05) is 17.8 Å². The topological polar surface area (TPSA) is 25.8 Å². The number of aromatic nitrogens is 2. The molecule has 9 aromatic carbocycles. The fourth-order valence-electron chi connectivity index (χ4n) is 9.70. The van der Waals surface area contributed by atoms with Crippen molar-refractivity contribution in [3.63, 3.8) is 0 Å². The molecule has 0 saturated heterocycles. The Morgan fingerprint density at radius 1 is 0.290 bits per heavy atom. The van der Waals surface area contributed by atoms with Gasteiger partial charge >= 0.3 is 0 Å². The first kappa shape index (κ1) is 36.3. The molecule has 0 bridgehead atoms. The fourth-order valence-corrected chi connectivity index (χ4v) is 11.0. The van der Waals surface area contributed by atoms with E-state index in [-0.39, 0.29) is 0 Å². The highest BCUT2D eigenvalue weighted by molar-refractivity contribution is 7.99. The van der Waals surface area contributed by atoms with Crippen molar-refractivity contribution in [1.82, 2.24) is 9.97 Å². The summed E-state index contributed by atoms with van der Waals surface area (Å²) in [6.07, 6.45) is 0. The molecule has 0 fully saturated rings. The van der Waals surface area contributed by atoms with Crippen molar-refractivity contribution in [3.8, 4) is 78.4 Å². The Kier molecular flexibility index (Phi) is 8.69. The zero-order chi connectivity index (χ0) is 41.0. The van der Waals surface area contributed by atoms with Gasteiger partial charge in [0.2, 0.25) is 0 Å². The second-order valence-corrected chi connectivity index (χ2v) is 17.1. The number of hydrogen-bond acceptors (Lipinski definition) is 3. The molecular weight excluding hydrogens is 769 g/mol. The Morgan fingerprint density at radius 3 is 1.26 bits per heavy atom. The van der Waals surface area contributed by atoms with E-state index in [0.717, 1.165) is 33.6 Å². The Labute approximate surface area is 366 Å². The third kappa shape index (κ3) is 5.89. The number of benzene rings is 9. The monoisotopic (exact) mass is 806 g/mol. The van der Waals surface area contributed by atoms with Gasteiger partial charge in [0.1, 0.15) is 0 Å². The molecule has 10 aromatic rings. The van der Waals surface area contributed by atoms with Crippen LogP contribution in [0.25, 0.3) is 78.4 Å². The SMILES string of the molecule is c1ccc(-c2ccc(-c3cc(-c4ccc(-c5cccc6c5Sc5ccccc5C65c6ccccc6-c6ccccc65)cc4)nc(-c4ccc(-c5ccccc5)cc4)n3)cc2)cc1. The zero-order valence-electron chi connectivity index (χ0n) is 33.7. The second kappa shape index (κ2) is 14.8. The van der Waals surface area contributed by atoms with E-state index in [9.17, 15) is 0 Å². The summed E-state index contributed by atoms with van der Waals surface area (Å²) in [6, 6.07) is 83.3. The van der Waals surface area contributed by atoms with Crippen molar-refractivity contribution < 1.29 is 0 Å². The minimum absolute atomic E-state index is 0.410. The van der Waals surface area contributed by atoms with Gasteiger partial charge in [-0.15, -0.1) is 0 Å². The van der Waals surface area contributed by atoms with Crippen molar-refractivity contribution in [1.29, 1.82) is 0 Å². The molecule has 1 spiro atoms. The molecule has 62 heavy (non-hydrogen) atoms. The lowest BCUT2D eigenvalue weighted by atomic mass is 9.67. The number of fused-ring (bicyclic) bond motifs is 9. The average molecular weight is 807 g/mol. The first-order valence-corrected chi connectivity index (χ1v) is 22.0. The van der Waals surface area contributed by atoms with Crippen LogP contribution in [-0.2, 0) is 5.41 Å². The van der Waals surface area contributed by atoms with Crippen molar-refractivity contribution in [2.45, 2.75) is 15.2 Å². The normalized spacial score (nSPS) is 12.9. The van der Waals surface area contributed by atoms with E-state index in [1.165, 1.54) is 71.0 Å². The van der Waals surface area contributed by atoms with Gasteiger partial charge in [0, 0.05) is 26.5 Å². The molecule has 1 aliphatic carbocycles. The minimum atomic E-state index is -0.410. The van der Waals surface area contributed by atoms with Crippen molar-refractivity contribution in [2.75, 3.05) is 0 Å². The summed E-state index contributed by atoms with van der Waals surface area (Å²) in [4.78, 5) is 13.0. The van der Waals surface area contributed by atoms with Gasteiger partial charge in [0.25, 0.3) is 0 Å². The van der Waals surface area contributed by atoms with Gasteiger partial charge in [0.15, 0.2) is 5.82 Å². The predicted octanol–water partition coefficient (Wildman–Crippen LogP) is 15.3. The van der Waals surface area contributed by atoms with Gasteiger partial charge in [-0.2, -0.15) is 0 Å². The Bertz CT molecular complexity index is 3140. The van der Waals surface area contributed by atoms with Gasteiger partial charge in [-0.25, -0.2) is 9.97 Å². The lowest BCUT2D eigenvalue weighted by Gasteiger charge is -2.40. The molecule has 0 saturated carbocycles. The summed E-state index contributed by atoms with van der Waals surface area (Å²) in [6.45, 7) is 0. The molecule has 2 nitrogen and oxygen atoms in total. The average Bonchev–Trinajstić information content (AvgIpc) is 3.65. The van der Waals surface area contributed by atoms with Crippen LogP contribution in [0.1, 0.15) is 22.3 Å². The maximum Gasteiger partial charge on any atom is 0.160 e. The number of rotatable bonds is 6. The third-order valence-electron chi connectivity index (χ3n) is 12.6. The standard InChI is InChI=1S/C59H38N2S/c1-3-14-39(15-4-1)41-26-32-44(33-27-41)54-38-55(61-58(60-54)46-36-28-42(29-37-46)40-16-5-2-6-17-40)45-34-30-43(31-35-45)47-20-13-24-53-57(47)62-56-25-12-11-23-52(56)59(53)50-21-9-7-18-48(50)49-19-8-10-22-51(49)59/h1-38H. The summed E-state index contributed by atoms with van der Waals surface area (Å²) in [5.41, 5.74) is 19.5.